The Morgan fingerprint density at radius 2 is 1.78 bits per heavy atom. The van der Waals surface area contributed by atoms with E-state index in [2.05, 4.69) is 45.2 Å². The lowest BCUT2D eigenvalue weighted by molar-refractivity contribution is -0.0939. The molecule has 0 heterocycles. The molecule has 4 rings (SSSR count). The van der Waals surface area contributed by atoms with E-state index in [9.17, 15) is 10.2 Å². The quantitative estimate of drug-likeness (QED) is 0.370. The molecule has 0 amide bonds. The molecule has 2 N–H and O–H groups in total. The third-order valence-electron chi connectivity index (χ3n) is 9.06. The van der Waals surface area contributed by atoms with E-state index in [0.717, 1.165) is 61.0 Å². The fraction of sp³-hybridized carbons (Fsp3) is 0.515. The van der Waals surface area contributed by atoms with Crippen molar-refractivity contribution >= 4 is 0 Å². The summed E-state index contributed by atoms with van der Waals surface area (Å²) in [5, 5.41) is 21.1. The standard InChI is InChI=1S/C33H44O3/c1-7-9-23-11-14-30(28(19-23)24-12-13-29(34)25(20-24)10-8-2)36-33(6)18-17-32(5)16-15-26(31(3,4)35)21-27(32)22-33/h7-8,11-14,19-20,26-27,34-35H,1-2,9-10,15-18,21-22H2,3-6H3/t26-,27-,32+,33-/m1/s1. The first-order valence-corrected chi connectivity index (χ1v) is 13.5. The van der Waals surface area contributed by atoms with Crippen LogP contribution >= 0.6 is 0 Å². The highest BCUT2D eigenvalue weighted by atomic mass is 16.5. The van der Waals surface area contributed by atoms with Crippen LogP contribution in [-0.2, 0) is 12.8 Å². The third-order valence-corrected chi connectivity index (χ3v) is 9.06. The molecule has 0 bridgehead atoms. The van der Waals surface area contributed by atoms with Gasteiger partial charge < -0.3 is 14.9 Å². The molecule has 0 unspecified atom stereocenters. The number of hydrogen-bond acceptors (Lipinski definition) is 3. The van der Waals surface area contributed by atoms with E-state index in [1.165, 1.54) is 12.0 Å². The van der Waals surface area contributed by atoms with Crippen LogP contribution in [0.2, 0.25) is 0 Å². The Morgan fingerprint density at radius 1 is 1.03 bits per heavy atom. The Hall–Kier alpha value is -2.52. The van der Waals surface area contributed by atoms with Gasteiger partial charge in [0.05, 0.1) is 5.60 Å². The van der Waals surface area contributed by atoms with Gasteiger partial charge in [0.2, 0.25) is 0 Å². The molecule has 194 valence electrons. The molecular formula is C33H44O3. The molecule has 3 nitrogen and oxygen atoms in total. The summed E-state index contributed by atoms with van der Waals surface area (Å²) in [6, 6.07) is 12.2. The number of phenols is 1. The Labute approximate surface area is 217 Å². The first-order chi connectivity index (χ1) is 17.0. The van der Waals surface area contributed by atoms with Gasteiger partial charge in [0, 0.05) is 5.56 Å². The number of phenolic OH excluding ortho intramolecular Hbond substituents is 1. The zero-order valence-electron chi connectivity index (χ0n) is 22.6. The minimum atomic E-state index is -0.633. The molecule has 2 saturated carbocycles. The minimum absolute atomic E-state index is 0.263. The molecule has 0 radical (unpaired) electrons. The highest BCUT2D eigenvalue weighted by molar-refractivity contribution is 5.73. The molecule has 2 aliphatic carbocycles. The fourth-order valence-corrected chi connectivity index (χ4v) is 6.54. The number of aromatic hydroxyl groups is 1. The Kier molecular flexibility index (Phi) is 7.44. The summed E-state index contributed by atoms with van der Waals surface area (Å²) in [5.74, 6) is 2.06. The molecule has 2 aliphatic rings. The van der Waals surface area contributed by atoms with Crippen LogP contribution in [0.15, 0.2) is 61.7 Å². The van der Waals surface area contributed by atoms with Gasteiger partial charge in [-0.3, -0.25) is 0 Å². The SMILES string of the molecule is C=CCc1ccc(O[C@]2(C)CC[C@]3(C)CC[C@@H](C(C)(C)O)C[C@@H]3C2)c(-c2ccc(O)c(CC=C)c2)c1. The molecule has 2 fully saturated rings. The molecule has 36 heavy (non-hydrogen) atoms. The Bertz CT molecular complexity index is 1110. The number of ether oxygens (including phenoxy) is 1. The van der Waals surface area contributed by atoms with Crippen LogP contribution in [-0.4, -0.2) is 21.4 Å². The first-order valence-electron chi connectivity index (χ1n) is 13.5. The molecule has 0 saturated heterocycles. The van der Waals surface area contributed by atoms with Gasteiger partial charge in [0.1, 0.15) is 17.1 Å². The van der Waals surface area contributed by atoms with Gasteiger partial charge in [-0.1, -0.05) is 31.2 Å². The minimum Gasteiger partial charge on any atom is -0.508 e. The van der Waals surface area contributed by atoms with Crippen molar-refractivity contribution in [3.8, 4) is 22.6 Å². The molecule has 4 atom stereocenters. The maximum Gasteiger partial charge on any atom is 0.127 e. The summed E-state index contributed by atoms with van der Waals surface area (Å²) in [6.45, 7) is 16.4. The van der Waals surface area contributed by atoms with E-state index in [-0.39, 0.29) is 5.60 Å². The smallest absolute Gasteiger partial charge is 0.127 e. The van der Waals surface area contributed by atoms with E-state index >= 15 is 0 Å². The average Bonchev–Trinajstić information content (AvgIpc) is 2.81. The van der Waals surface area contributed by atoms with Gasteiger partial charge in [-0.25, -0.2) is 0 Å². The molecule has 0 aromatic heterocycles. The summed E-state index contributed by atoms with van der Waals surface area (Å²) in [6.07, 6.45) is 11.7. The molecule has 2 aromatic rings. The maximum atomic E-state index is 10.7. The lowest BCUT2D eigenvalue weighted by atomic mass is 9.54. The van der Waals surface area contributed by atoms with Gasteiger partial charge in [-0.2, -0.15) is 0 Å². The average molecular weight is 489 g/mol. The van der Waals surface area contributed by atoms with Gasteiger partial charge >= 0.3 is 0 Å². The Balaban J connectivity index is 1.65. The first kappa shape index (κ1) is 26.5. The van der Waals surface area contributed by atoms with Crippen molar-refractivity contribution in [2.24, 2.45) is 17.3 Å². The van der Waals surface area contributed by atoms with E-state index in [1.807, 2.05) is 38.1 Å². The predicted octanol–water partition coefficient (Wildman–Crippen LogP) is 8.03. The van der Waals surface area contributed by atoms with Crippen molar-refractivity contribution in [1.82, 2.24) is 0 Å². The van der Waals surface area contributed by atoms with Crippen LogP contribution in [0.25, 0.3) is 11.1 Å². The van der Waals surface area contributed by atoms with Crippen LogP contribution < -0.4 is 4.74 Å². The highest BCUT2D eigenvalue weighted by Crippen LogP contribution is 2.56. The molecule has 0 spiro atoms. The summed E-state index contributed by atoms with van der Waals surface area (Å²) in [5.41, 5.74) is 3.57. The van der Waals surface area contributed by atoms with Crippen LogP contribution in [0.3, 0.4) is 0 Å². The topological polar surface area (TPSA) is 49.7 Å². The number of aliphatic hydroxyl groups is 1. The number of hydrogen-bond donors (Lipinski definition) is 2. The van der Waals surface area contributed by atoms with E-state index in [4.69, 9.17) is 4.74 Å². The predicted molar refractivity (Wildman–Crippen MR) is 149 cm³/mol. The molecular weight excluding hydrogens is 444 g/mol. The van der Waals surface area contributed by atoms with E-state index in [1.54, 1.807) is 6.07 Å². The van der Waals surface area contributed by atoms with Gasteiger partial charge in [0.15, 0.2) is 0 Å². The van der Waals surface area contributed by atoms with Crippen molar-refractivity contribution in [3.63, 3.8) is 0 Å². The third kappa shape index (κ3) is 5.57. The van der Waals surface area contributed by atoms with Crippen LogP contribution in [0.1, 0.15) is 77.3 Å². The van der Waals surface area contributed by atoms with Crippen molar-refractivity contribution in [3.05, 3.63) is 72.8 Å². The summed E-state index contributed by atoms with van der Waals surface area (Å²) in [4.78, 5) is 0. The van der Waals surface area contributed by atoms with Gasteiger partial charge in [-0.05, 0) is 130 Å². The lowest BCUT2D eigenvalue weighted by Gasteiger charge is -2.54. The van der Waals surface area contributed by atoms with Crippen LogP contribution in [0.5, 0.6) is 11.5 Å². The number of rotatable bonds is 8. The van der Waals surface area contributed by atoms with Gasteiger partial charge in [0.25, 0.3) is 0 Å². The van der Waals surface area contributed by atoms with Gasteiger partial charge in [-0.15, -0.1) is 13.2 Å². The summed E-state index contributed by atoms with van der Waals surface area (Å²) >= 11 is 0. The number of allylic oxidation sites excluding steroid dienone is 2. The van der Waals surface area contributed by atoms with Crippen molar-refractivity contribution in [2.45, 2.75) is 90.3 Å². The zero-order valence-corrected chi connectivity index (χ0v) is 22.6. The largest absolute Gasteiger partial charge is 0.508 e. The summed E-state index contributed by atoms with van der Waals surface area (Å²) in [7, 11) is 0. The monoisotopic (exact) mass is 488 g/mol. The molecule has 0 aliphatic heterocycles. The maximum absolute atomic E-state index is 10.7. The number of benzene rings is 2. The second-order valence-corrected chi connectivity index (χ2v) is 12.4. The summed E-state index contributed by atoms with van der Waals surface area (Å²) < 4.78 is 6.94. The molecule has 2 aromatic carbocycles. The van der Waals surface area contributed by atoms with Crippen molar-refractivity contribution in [1.29, 1.82) is 0 Å². The second kappa shape index (κ2) is 10.1. The normalized spacial score (nSPS) is 28.2. The highest BCUT2D eigenvalue weighted by Gasteiger charge is 2.50. The van der Waals surface area contributed by atoms with Crippen LogP contribution in [0, 0.1) is 17.3 Å². The van der Waals surface area contributed by atoms with E-state index in [0.29, 0.717) is 29.4 Å². The molecule has 3 heteroatoms. The van der Waals surface area contributed by atoms with Crippen LogP contribution in [0.4, 0.5) is 0 Å². The zero-order chi connectivity index (χ0) is 26.1. The van der Waals surface area contributed by atoms with E-state index < -0.39 is 5.60 Å². The Morgan fingerprint density at radius 3 is 2.47 bits per heavy atom. The fourth-order valence-electron chi connectivity index (χ4n) is 6.54. The van der Waals surface area contributed by atoms with Crippen molar-refractivity contribution < 1.29 is 14.9 Å². The number of fused-ring (bicyclic) bond motifs is 1. The van der Waals surface area contributed by atoms with Crippen molar-refractivity contribution in [2.75, 3.05) is 0 Å². The second-order valence-electron chi connectivity index (χ2n) is 12.4. The lowest BCUT2D eigenvalue weighted by Crippen LogP contribution is -2.50.